The van der Waals surface area contributed by atoms with Crippen LogP contribution in [0.1, 0.15) is 65.3 Å². The smallest absolute Gasteiger partial charge is 0.416 e. The monoisotopic (exact) mass is 512 g/mol. The molecule has 1 N–H and O–H groups in total. The molecule has 1 heterocycles. The third kappa shape index (κ3) is 6.47. The number of aryl methyl sites for hydroxylation is 1. The summed E-state index contributed by atoms with van der Waals surface area (Å²) in [5, 5.41) is 2.71. The summed E-state index contributed by atoms with van der Waals surface area (Å²) in [5.74, 6) is -0.729. The maximum atomic E-state index is 13.5. The van der Waals surface area contributed by atoms with Crippen LogP contribution < -0.4 is 15.6 Å². The summed E-state index contributed by atoms with van der Waals surface area (Å²) in [4.78, 5) is 37.8. The molecule has 0 radical (unpaired) electrons. The van der Waals surface area contributed by atoms with Crippen LogP contribution in [0.25, 0.3) is 0 Å². The van der Waals surface area contributed by atoms with Gasteiger partial charge in [0.1, 0.15) is 11.3 Å². The first-order chi connectivity index (χ1) is 17.6. The third-order valence-corrected chi connectivity index (χ3v) is 6.34. The summed E-state index contributed by atoms with van der Waals surface area (Å²) < 4.78 is 45.5. The molecule has 0 bridgehead atoms. The Labute approximate surface area is 212 Å². The molecule has 0 aliphatic heterocycles. The van der Waals surface area contributed by atoms with E-state index in [4.69, 9.17) is 4.74 Å². The fraction of sp³-hybridized carbons (Fsp3) is 0.321. The lowest BCUT2D eigenvalue weighted by Crippen LogP contribution is -2.33. The minimum atomic E-state index is -4.45. The number of aromatic nitrogens is 1. The van der Waals surface area contributed by atoms with Crippen LogP contribution in [0, 0.1) is 0 Å². The first-order valence-electron chi connectivity index (χ1n) is 12.1. The van der Waals surface area contributed by atoms with E-state index in [1.54, 1.807) is 18.2 Å². The number of anilines is 1. The van der Waals surface area contributed by atoms with Crippen molar-refractivity contribution >= 4 is 17.6 Å². The topological polar surface area (TPSA) is 77.4 Å². The lowest BCUT2D eigenvalue weighted by Gasteiger charge is -2.21. The van der Waals surface area contributed by atoms with Crippen LogP contribution in [-0.2, 0) is 30.4 Å². The number of hydrogen-bond donors (Lipinski definition) is 1. The Hall–Kier alpha value is -3.88. The van der Waals surface area contributed by atoms with Gasteiger partial charge in [-0.05, 0) is 79.3 Å². The van der Waals surface area contributed by atoms with Crippen molar-refractivity contribution in [2.45, 2.75) is 58.2 Å². The molecule has 1 aromatic heterocycles. The first kappa shape index (κ1) is 26.2. The Bertz CT molecular complexity index is 1340. The van der Waals surface area contributed by atoms with Crippen molar-refractivity contribution < 1.29 is 27.5 Å². The predicted octanol–water partition coefficient (Wildman–Crippen LogP) is 5.75. The van der Waals surface area contributed by atoms with Gasteiger partial charge >= 0.3 is 12.1 Å². The van der Waals surface area contributed by atoms with Gasteiger partial charge in [0.15, 0.2) is 0 Å². The molecule has 0 fully saturated rings. The van der Waals surface area contributed by atoms with Crippen LogP contribution in [-0.4, -0.2) is 16.4 Å². The van der Waals surface area contributed by atoms with E-state index in [9.17, 15) is 27.6 Å². The number of alkyl halides is 3. The quantitative estimate of drug-likeness (QED) is 0.349. The van der Waals surface area contributed by atoms with Crippen LogP contribution in [0.15, 0.2) is 59.4 Å². The maximum absolute atomic E-state index is 13.5. The molecule has 3 aromatic rings. The number of halogens is 3. The highest BCUT2D eigenvalue weighted by Crippen LogP contribution is 2.29. The number of rotatable bonds is 5. The number of amides is 1. The number of pyridine rings is 1. The van der Waals surface area contributed by atoms with E-state index >= 15 is 0 Å². The third-order valence-electron chi connectivity index (χ3n) is 6.34. The Morgan fingerprint density at radius 3 is 2.22 bits per heavy atom. The Kier molecular flexibility index (Phi) is 7.80. The number of benzene rings is 2. The van der Waals surface area contributed by atoms with Crippen LogP contribution in [0.4, 0.5) is 18.9 Å². The minimum Gasteiger partial charge on any atom is -0.427 e. The van der Waals surface area contributed by atoms with Gasteiger partial charge in [0.05, 0.1) is 12.1 Å². The van der Waals surface area contributed by atoms with Gasteiger partial charge in [0.25, 0.3) is 11.5 Å². The number of esters is 1. The number of nitrogens with one attached hydrogen (secondary N) is 1. The molecule has 0 unspecified atom stereocenters. The summed E-state index contributed by atoms with van der Waals surface area (Å²) in [5.41, 5.74) is 1.41. The summed E-state index contributed by atoms with van der Waals surface area (Å²) in [6.45, 7) is 1.35. The molecular formula is C28H27F3N2O4. The Morgan fingerprint density at radius 2 is 1.59 bits per heavy atom. The molecule has 37 heavy (non-hydrogen) atoms. The summed E-state index contributed by atoms with van der Waals surface area (Å²) in [7, 11) is 0. The van der Waals surface area contributed by atoms with Crippen molar-refractivity contribution in [3.05, 3.63) is 92.9 Å². The average Bonchev–Trinajstić information content (AvgIpc) is 2.82. The van der Waals surface area contributed by atoms with Gasteiger partial charge in [0.2, 0.25) is 0 Å². The van der Waals surface area contributed by atoms with Gasteiger partial charge < -0.3 is 14.6 Å². The van der Waals surface area contributed by atoms with Crippen molar-refractivity contribution in [1.29, 1.82) is 0 Å². The fourth-order valence-corrected chi connectivity index (χ4v) is 4.52. The Morgan fingerprint density at radius 1 is 0.946 bits per heavy atom. The maximum Gasteiger partial charge on any atom is 0.416 e. The van der Waals surface area contributed by atoms with Gasteiger partial charge in [-0.15, -0.1) is 0 Å². The number of nitrogens with zero attached hydrogens (tertiary/aromatic N) is 1. The molecular weight excluding hydrogens is 485 g/mol. The highest BCUT2D eigenvalue weighted by molar-refractivity contribution is 6.04. The number of ether oxygens (including phenoxy) is 1. The van der Waals surface area contributed by atoms with E-state index < -0.39 is 29.2 Å². The highest BCUT2D eigenvalue weighted by Gasteiger charge is 2.30. The molecule has 2 aromatic carbocycles. The zero-order valence-corrected chi connectivity index (χ0v) is 20.4. The zero-order valence-electron chi connectivity index (χ0n) is 20.4. The number of carbonyl (C=O) groups is 2. The van der Waals surface area contributed by atoms with Crippen molar-refractivity contribution in [2.75, 3.05) is 5.32 Å². The standard InChI is InChI=1S/C28H27F3N2O4/c1-18(34)37-23-14-12-22(13-15-23)32-26(35)24-16-20-6-4-2-3-5-7-25(20)33(27(24)36)17-19-8-10-21(11-9-19)28(29,30)31/h8-16H,2-7,17H2,1H3,(H,32,35). The Balaban J connectivity index is 1.67. The molecule has 0 saturated carbocycles. The van der Waals surface area contributed by atoms with Crippen molar-refractivity contribution in [3.8, 4) is 5.75 Å². The molecule has 9 heteroatoms. The zero-order chi connectivity index (χ0) is 26.6. The van der Waals surface area contributed by atoms with Crippen LogP contribution in [0.5, 0.6) is 5.75 Å². The van der Waals surface area contributed by atoms with E-state index in [1.807, 2.05) is 0 Å². The van der Waals surface area contributed by atoms with Gasteiger partial charge in [-0.25, -0.2) is 0 Å². The predicted molar refractivity (Wildman–Crippen MR) is 133 cm³/mol. The number of hydrogen-bond acceptors (Lipinski definition) is 4. The van der Waals surface area contributed by atoms with Gasteiger partial charge in [-0.1, -0.05) is 25.0 Å². The SMILES string of the molecule is CC(=O)Oc1ccc(NC(=O)c2cc3c(n(Cc4ccc(C(F)(F)F)cc4)c2=O)CCCCCC3)cc1. The van der Waals surface area contributed by atoms with Crippen molar-refractivity contribution in [1.82, 2.24) is 4.57 Å². The average molecular weight is 513 g/mol. The van der Waals surface area contributed by atoms with E-state index in [1.165, 1.54) is 35.8 Å². The summed E-state index contributed by atoms with van der Waals surface area (Å²) >= 11 is 0. The van der Waals surface area contributed by atoms with Gasteiger partial charge in [0, 0.05) is 18.3 Å². The van der Waals surface area contributed by atoms with Crippen LogP contribution in [0.3, 0.4) is 0 Å². The number of fused-ring (bicyclic) bond motifs is 1. The second kappa shape index (κ2) is 11.0. The van der Waals surface area contributed by atoms with E-state index in [-0.39, 0.29) is 12.1 Å². The first-order valence-corrected chi connectivity index (χ1v) is 12.1. The summed E-state index contributed by atoms with van der Waals surface area (Å²) in [6, 6.07) is 12.6. The molecule has 1 aliphatic carbocycles. The molecule has 0 saturated heterocycles. The van der Waals surface area contributed by atoms with E-state index in [2.05, 4.69) is 5.32 Å². The second-order valence-electron chi connectivity index (χ2n) is 9.10. The molecule has 4 rings (SSSR count). The van der Waals surface area contributed by atoms with Crippen LogP contribution >= 0.6 is 0 Å². The largest absolute Gasteiger partial charge is 0.427 e. The molecule has 0 atom stereocenters. The van der Waals surface area contributed by atoms with Gasteiger partial charge in [-0.2, -0.15) is 13.2 Å². The molecule has 194 valence electrons. The molecule has 0 spiro atoms. The van der Waals surface area contributed by atoms with Crippen LogP contribution in [0.2, 0.25) is 0 Å². The normalized spacial score (nSPS) is 13.7. The van der Waals surface area contributed by atoms with Crippen molar-refractivity contribution in [2.24, 2.45) is 0 Å². The van der Waals surface area contributed by atoms with Crippen molar-refractivity contribution in [3.63, 3.8) is 0 Å². The highest BCUT2D eigenvalue weighted by atomic mass is 19.4. The van der Waals surface area contributed by atoms with Gasteiger partial charge in [-0.3, -0.25) is 14.4 Å². The fourth-order valence-electron chi connectivity index (χ4n) is 4.52. The molecule has 1 aliphatic rings. The minimum absolute atomic E-state index is 0.0321. The second-order valence-corrected chi connectivity index (χ2v) is 9.10. The lowest BCUT2D eigenvalue weighted by atomic mass is 9.95. The summed E-state index contributed by atoms with van der Waals surface area (Å²) in [6.07, 6.45) is 0.806. The van der Waals surface area contributed by atoms with E-state index in [0.29, 0.717) is 29.8 Å². The lowest BCUT2D eigenvalue weighted by molar-refractivity contribution is -0.137. The van der Waals surface area contributed by atoms with E-state index in [0.717, 1.165) is 49.1 Å². The molecule has 6 nitrogen and oxygen atoms in total. The number of carbonyl (C=O) groups excluding carboxylic acids is 2. The molecule has 1 amide bonds.